The van der Waals surface area contributed by atoms with Gasteiger partial charge in [-0.3, -0.25) is 9.89 Å². The molecule has 150 valence electrons. The Morgan fingerprint density at radius 3 is 2.81 bits per heavy atom. The summed E-state index contributed by atoms with van der Waals surface area (Å²) < 4.78 is 5.56. The first kappa shape index (κ1) is 20.5. The number of aliphatic imine (C=N–C) groups is 1. The van der Waals surface area contributed by atoms with E-state index >= 15 is 0 Å². The molecule has 2 saturated heterocycles. The van der Waals surface area contributed by atoms with Crippen molar-refractivity contribution in [3.8, 4) is 0 Å². The molecule has 0 bridgehead atoms. The molecule has 0 saturated carbocycles. The molecule has 2 unspecified atom stereocenters. The number of ether oxygens (including phenoxy) is 1. The Kier molecular flexibility index (Phi) is 7.44. The van der Waals surface area contributed by atoms with Gasteiger partial charge in [0.1, 0.15) is 0 Å². The fraction of sp³-hybridized carbons (Fsp3) is 0.667. The summed E-state index contributed by atoms with van der Waals surface area (Å²) in [4.78, 5) is 7.08. The van der Waals surface area contributed by atoms with Crippen LogP contribution >= 0.6 is 11.8 Å². The summed E-state index contributed by atoms with van der Waals surface area (Å²) >= 11 is 2.07. The van der Waals surface area contributed by atoms with Crippen molar-refractivity contribution >= 4 is 17.7 Å². The molecule has 2 heterocycles. The lowest BCUT2D eigenvalue weighted by Crippen LogP contribution is -2.60. The van der Waals surface area contributed by atoms with Crippen LogP contribution in [0.4, 0.5) is 0 Å². The highest BCUT2D eigenvalue weighted by Gasteiger charge is 2.40. The van der Waals surface area contributed by atoms with Gasteiger partial charge in [-0.2, -0.15) is 11.8 Å². The van der Waals surface area contributed by atoms with Crippen LogP contribution in [-0.2, 0) is 4.74 Å². The van der Waals surface area contributed by atoms with Crippen molar-refractivity contribution in [1.29, 1.82) is 0 Å². The zero-order valence-electron chi connectivity index (χ0n) is 17.0. The Balaban J connectivity index is 1.53. The Labute approximate surface area is 168 Å². The molecule has 2 aliphatic rings. The second-order valence-corrected chi connectivity index (χ2v) is 8.85. The van der Waals surface area contributed by atoms with Crippen LogP contribution in [0.5, 0.6) is 0 Å². The zero-order chi connectivity index (χ0) is 19.1. The second kappa shape index (κ2) is 9.80. The third-order valence-electron chi connectivity index (χ3n) is 5.76. The summed E-state index contributed by atoms with van der Waals surface area (Å²) in [6, 6.07) is 8.76. The van der Waals surface area contributed by atoms with E-state index in [0.29, 0.717) is 5.92 Å². The molecule has 0 amide bonds. The molecule has 0 aliphatic carbocycles. The van der Waals surface area contributed by atoms with Gasteiger partial charge in [-0.05, 0) is 30.6 Å². The Morgan fingerprint density at radius 2 is 2.15 bits per heavy atom. The number of nitrogens with zero attached hydrogens (tertiary/aromatic N) is 2. The molecule has 2 atom stereocenters. The lowest BCUT2D eigenvalue weighted by atomic mass is 9.95. The monoisotopic (exact) mass is 390 g/mol. The molecule has 3 rings (SSSR count). The highest BCUT2D eigenvalue weighted by atomic mass is 32.2. The summed E-state index contributed by atoms with van der Waals surface area (Å²) in [6.07, 6.45) is 1.24. The average molecular weight is 391 g/mol. The number of hydrogen-bond acceptors (Lipinski definition) is 4. The molecular formula is C21H34N4OS. The topological polar surface area (TPSA) is 48.9 Å². The quantitative estimate of drug-likeness (QED) is 0.577. The van der Waals surface area contributed by atoms with E-state index in [9.17, 15) is 0 Å². The number of hydrogen-bond donors (Lipinski definition) is 2. The van der Waals surface area contributed by atoms with E-state index in [2.05, 4.69) is 70.4 Å². The van der Waals surface area contributed by atoms with Crippen LogP contribution in [0.1, 0.15) is 30.4 Å². The van der Waals surface area contributed by atoms with Gasteiger partial charge in [-0.15, -0.1) is 0 Å². The molecule has 1 aromatic rings. The number of thioether (sulfide) groups is 1. The van der Waals surface area contributed by atoms with E-state index in [4.69, 9.17) is 4.74 Å². The number of rotatable bonds is 6. The lowest BCUT2D eigenvalue weighted by molar-refractivity contribution is -0.0120. The number of guanidine groups is 1. The lowest BCUT2D eigenvalue weighted by Gasteiger charge is -2.43. The fourth-order valence-electron chi connectivity index (χ4n) is 3.95. The number of nitrogens with one attached hydrogen (secondary N) is 2. The van der Waals surface area contributed by atoms with E-state index in [1.165, 1.54) is 29.1 Å². The minimum absolute atomic E-state index is 0.230. The third kappa shape index (κ3) is 5.39. The van der Waals surface area contributed by atoms with Gasteiger partial charge in [0, 0.05) is 44.5 Å². The van der Waals surface area contributed by atoms with Crippen LogP contribution in [0.3, 0.4) is 0 Å². The molecule has 6 heteroatoms. The molecule has 2 N–H and O–H groups in total. The van der Waals surface area contributed by atoms with Crippen LogP contribution in [0, 0.1) is 6.92 Å². The van der Waals surface area contributed by atoms with Crippen molar-refractivity contribution in [2.75, 3.05) is 57.9 Å². The first-order chi connectivity index (χ1) is 13.1. The van der Waals surface area contributed by atoms with Crippen LogP contribution in [0.15, 0.2) is 29.3 Å². The highest BCUT2D eigenvalue weighted by Crippen LogP contribution is 2.33. The van der Waals surface area contributed by atoms with E-state index in [1.807, 2.05) is 7.05 Å². The Bertz CT molecular complexity index is 624. The predicted molar refractivity (Wildman–Crippen MR) is 116 cm³/mol. The molecule has 0 radical (unpaired) electrons. The van der Waals surface area contributed by atoms with Gasteiger partial charge in [0.25, 0.3) is 0 Å². The normalized spacial score (nSPS) is 25.4. The maximum absolute atomic E-state index is 5.56. The van der Waals surface area contributed by atoms with Gasteiger partial charge in [-0.25, -0.2) is 0 Å². The third-order valence-corrected chi connectivity index (χ3v) is 6.99. The number of aryl methyl sites for hydroxylation is 1. The van der Waals surface area contributed by atoms with Crippen LogP contribution in [0.25, 0.3) is 0 Å². The largest absolute Gasteiger partial charge is 0.379 e. The van der Waals surface area contributed by atoms with Crippen molar-refractivity contribution in [2.24, 2.45) is 4.99 Å². The number of benzene rings is 1. The highest BCUT2D eigenvalue weighted by molar-refractivity contribution is 7.99. The smallest absolute Gasteiger partial charge is 0.191 e. The van der Waals surface area contributed by atoms with Crippen molar-refractivity contribution in [1.82, 2.24) is 15.5 Å². The molecule has 0 spiro atoms. The summed E-state index contributed by atoms with van der Waals surface area (Å²) in [7, 11) is 1.86. The van der Waals surface area contributed by atoms with E-state index in [1.54, 1.807) is 0 Å². The van der Waals surface area contributed by atoms with Gasteiger partial charge < -0.3 is 15.4 Å². The molecule has 5 nitrogen and oxygen atoms in total. The van der Waals surface area contributed by atoms with Gasteiger partial charge in [-0.1, -0.05) is 36.8 Å². The molecule has 2 aliphatic heterocycles. The maximum atomic E-state index is 5.56. The summed E-state index contributed by atoms with van der Waals surface area (Å²) in [5.41, 5.74) is 2.91. The minimum atomic E-state index is 0.230. The minimum Gasteiger partial charge on any atom is -0.379 e. The zero-order valence-corrected chi connectivity index (χ0v) is 17.8. The standard InChI is InChI=1S/C21H34N4OS/c1-17-5-4-6-19(13-17)18(2)14-23-20(22-3)24-15-21(7-12-27-16-21)25-8-10-26-11-9-25/h4-6,13,18H,7-12,14-16H2,1-3H3,(H2,22,23,24). The predicted octanol–water partition coefficient (Wildman–Crippen LogP) is 2.47. The van der Waals surface area contributed by atoms with E-state index < -0.39 is 0 Å². The molecule has 0 aromatic heterocycles. The van der Waals surface area contributed by atoms with Gasteiger partial charge >= 0.3 is 0 Å². The van der Waals surface area contributed by atoms with Crippen molar-refractivity contribution in [2.45, 2.75) is 31.7 Å². The summed E-state index contributed by atoms with van der Waals surface area (Å²) in [5, 5.41) is 7.13. The Morgan fingerprint density at radius 1 is 1.33 bits per heavy atom. The first-order valence-corrected chi connectivity index (χ1v) is 11.2. The average Bonchev–Trinajstić information content (AvgIpc) is 3.19. The summed E-state index contributed by atoms with van der Waals surface area (Å²) in [5.74, 6) is 3.78. The van der Waals surface area contributed by atoms with Crippen molar-refractivity contribution in [3.63, 3.8) is 0 Å². The van der Waals surface area contributed by atoms with E-state index in [-0.39, 0.29) is 5.54 Å². The molecule has 2 fully saturated rings. The van der Waals surface area contributed by atoms with Crippen molar-refractivity contribution < 1.29 is 4.74 Å². The Hall–Kier alpha value is -1.24. The number of morpholine rings is 1. The van der Waals surface area contributed by atoms with Crippen LogP contribution in [0.2, 0.25) is 0 Å². The van der Waals surface area contributed by atoms with Crippen LogP contribution < -0.4 is 10.6 Å². The van der Waals surface area contributed by atoms with Crippen molar-refractivity contribution in [3.05, 3.63) is 35.4 Å². The first-order valence-electron chi connectivity index (χ1n) is 10.0. The SMILES string of the molecule is CN=C(NCC(C)c1cccc(C)c1)NCC1(N2CCOCC2)CCSC1. The van der Waals surface area contributed by atoms with Gasteiger partial charge in [0.2, 0.25) is 0 Å². The molecular weight excluding hydrogens is 356 g/mol. The molecule has 27 heavy (non-hydrogen) atoms. The van der Waals surface area contributed by atoms with Crippen LogP contribution in [-0.4, -0.2) is 74.3 Å². The van der Waals surface area contributed by atoms with E-state index in [0.717, 1.165) is 45.4 Å². The molecule has 1 aromatic carbocycles. The van der Waals surface area contributed by atoms with Gasteiger partial charge in [0.05, 0.1) is 13.2 Å². The fourth-order valence-corrected chi connectivity index (χ4v) is 5.43. The van der Waals surface area contributed by atoms with Gasteiger partial charge in [0.15, 0.2) is 5.96 Å². The second-order valence-electron chi connectivity index (χ2n) is 7.75. The maximum Gasteiger partial charge on any atom is 0.191 e. The summed E-state index contributed by atoms with van der Waals surface area (Å²) in [6.45, 7) is 10.0.